The summed E-state index contributed by atoms with van der Waals surface area (Å²) in [6.07, 6.45) is 3.13. The molecule has 0 amide bonds. The van der Waals surface area contributed by atoms with E-state index in [1.807, 2.05) is 19.1 Å². The van der Waals surface area contributed by atoms with Crippen molar-refractivity contribution >= 4 is 11.5 Å². The third kappa shape index (κ3) is 2.87. The van der Waals surface area contributed by atoms with Crippen molar-refractivity contribution in [1.82, 2.24) is 0 Å². The SMILES string of the molecule is CCC(=O)c1ccc(N2CCC(C)CC2)cc1. The van der Waals surface area contributed by atoms with Crippen LogP contribution in [-0.2, 0) is 0 Å². The Bertz CT molecular complexity index is 374. The summed E-state index contributed by atoms with van der Waals surface area (Å²) >= 11 is 0. The molecule has 17 heavy (non-hydrogen) atoms. The van der Waals surface area contributed by atoms with Crippen LogP contribution in [0.25, 0.3) is 0 Å². The zero-order valence-corrected chi connectivity index (χ0v) is 10.8. The van der Waals surface area contributed by atoms with E-state index in [1.165, 1.54) is 18.5 Å². The van der Waals surface area contributed by atoms with Crippen LogP contribution in [0, 0.1) is 5.92 Å². The monoisotopic (exact) mass is 231 g/mol. The maximum absolute atomic E-state index is 11.5. The molecule has 0 aromatic heterocycles. The molecule has 2 nitrogen and oxygen atoms in total. The number of carbonyl (C=O) groups is 1. The molecule has 0 aliphatic carbocycles. The van der Waals surface area contributed by atoms with E-state index in [9.17, 15) is 4.79 Å². The van der Waals surface area contributed by atoms with Crippen molar-refractivity contribution in [2.45, 2.75) is 33.1 Å². The molecule has 0 atom stereocenters. The number of anilines is 1. The van der Waals surface area contributed by atoms with Crippen LogP contribution in [0.15, 0.2) is 24.3 Å². The van der Waals surface area contributed by atoms with Crippen molar-refractivity contribution in [3.63, 3.8) is 0 Å². The van der Waals surface area contributed by atoms with E-state index in [1.54, 1.807) is 0 Å². The average Bonchev–Trinajstić information content (AvgIpc) is 2.39. The van der Waals surface area contributed by atoms with Gasteiger partial charge in [0.25, 0.3) is 0 Å². The minimum Gasteiger partial charge on any atom is -0.372 e. The molecule has 1 heterocycles. The van der Waals surface area contributed by atoms with E-state index in [0.29, 0.717) is 6.42 Å². The van der Waals surface area contributed by atoms with Crippen LogP contribution in [-0.4, -0.2) is 18.9 Å². The summed E-state index contributed by atoms with van der Waals surface area (Å²) in [5.74, 6) is 1.08. The van der Waals surface area contributed by atoms with Gasteiger partial charge in [-0.2, -0.15) is 0 Å². The Labute approximate surface area is 104 Å². The Hall–Kier alpha value is -1.31. The first-order valence-electron chi connectivity index (χ1n) is 6.59. The number of benzene rings is 1. The lowest BCUT2D eigenvalue weighted by molar-refractivity contribution is 0.0988. The first-order valence-corrected chi connectivity index (χ1v) is 6.59. The Morgan fingerprint density at radius 2 is 1.82 bits per heavy atom. The van der Waals surface area contributed by atoms with Gasteiger partial charge in [0, 0.05) is 30.8 Å². The molecule has 1 aliphatic heterocycles. The third-order valence-electron chi connectivity index (χ3n) is 3.66. The first-order chi connectivity index (χ1) is 8.20. The lowest BCUT2D eigenvalue weighted by Gasteiger charge is -2.32. The van der Waals surface area contributed by atoms with Crippen LogP contribution in [0.3, 0.4) is 0 Å². The molecular weight excluding hydrogens is 210 g/mol. The van der Waals surface area contributed by atoms with Crippen LogP contribution < -0.4 is 4.90 Å². The zero-order chi connectivity index (χ0) is 12.3. The normalized spacial score (nSPS) is 17.2. The number of hydrogen-bond acceptors (Lipinski definition) is 2. The molecule has 2 rings (SSSR count). The van der Waals surface area contributed by atoms with Crippen molar-refractivity contribution in [2.75, 3.05) is 18.0 Å². The minimum atomic E-state index is 0.226. The predicted molar refractivity (Wildman–Crippen MR) is 71.7 cm³/mol. The molecular formula is C15H21NO. The van der Waals surface area contributed by atoms with Gasteiger partial charge in [0.15, 0.2) is 5.78 Å². The fraction of sp³-hybridized carbons (Fsp3) is 0.533. The van der Waals surface area contributed by atoms with E-state index in [0.717, 1.165) is 24.6 Å². The molecule has 1 aromatic carbocycles. The first kappa shape index (κ1) is 12.2. The maximum Gasteiger partial charge on any atom is 0.162 e. The van der Waals surface area contributed by atoms with Gasteiger partial charge in [-0.15, -0.1) is 0 Å². The molecule has 0 N–H and O–H groups in total. The molecule has 0 bridgehead atoms. The minimum absolute atomic E-state index is 0.226. The van der Waals surface area contributed by atoms with Crippen molar-refractivity contribution in [2.24, 2.45) is 5.92 Å². The topological polar surface area (TPSA) is 20.3 Å². The number of Topliss-reactive ketones (excluding diaryl/α,β-unsaturated/α-hetero) is 1. The number of nitrogens with zero attached hydrogens (tertiary/aromatic N) is 1. The quantitative estimate of drug-likeness (QED) is 0.742. The summed E-state index contributed by atoms with van der Waals surface area (Å²) in [4.78, 5) is 13.9. The summed E-state index contributed by atoms with van der Waals surface area (Å²) in [6, 6.07) is 8.08. The molecule has 2 heteroatoms. The van der Waals surface area contributed by atoms with Gasteiger partial charge in [-0.1, -0.05) is 13.8 Å². The van der Waals surface area contributed by atoms with E-state index < -0.39 is 0 Å². The molecule has 1 aliphatic rings. The maximum atomic E-state index is 11.5. The highest BCUT2D eigenvalue weighted by Crippen LogP contribution is 2.23. The van der Waals surface area contributed by atoms with Gasteiger partial charge in [0.05, 0.1) is 0 Å². The van der Waals surface area contributed by atoms with Gasteiger partial charge in [0.1, 0.15) is 0 Å². The van der Waals surface area contributed by atoms with Crippen molar-refractivity contribution in [1.29, 1.82) is 0 Å². The molecule has 0 spiro atoms. The fourth-order valence-electron chi connectivity index (χ4n) is 2.33. The smallest absolute Gasteiger partial charge is 0.162 e. The van der Waals surface area contributed by atoms with Crippen LogP contribution >= 0.6 is 0 Å². The fourth-order valence-corrected chi connectivity index (χ4v) is 2.33. The largest absolute Gasteiger partial charge is 0.372 e. The number of piperidine rings is 1. The lowest BCUT2D eigenvalue weighted by Crippen LogP contribution is -2.32. The van der Waals surface area contributed by atoms with Crippen molar-refractivity contribution < 1.29 is 4.79 Å². The van der Waals surface area contributed by atoms with Crippen LogP contribution in [0.4, 0.5) is 5.69 Å². The molecule has 1 fully saturated rings. The van der Waals surface area contributed by atoms with Gasteiger partial charge in [0.2, 0.25) is 0 Å². The number of carbonyl (C=O) groups excluding carboxylic acids is 1. The van der Waals surface area contributed by atoms with Gasteiger partial charge in [-0.3, -0.25) is 4.79 Å². The van der Waals surface area contributed by atoms with E-state index in [2.05, 4.69) is 24.0 Å². The Morgan fingerprint density at radius 1 is 1.24 bits per heavy atom. The molecule has 92 valence electrons. The summed E-state index contributed by atoms with van der Waals surface area (Å²) in [5, 5.41) is 0. The summed E-state index contributed by atoms with van der Waals surface area (Å²) < 4.78 is 0. The molecule has 0 unspecified atom stereocenters. The van der Waals surface area contributed by atoms with Gasteiger partial charge < -0.3 is 4.90 Å². The van der Waals surface area contributed by atoms with Crippen LogP contribution in [0.2, 0.25) is 0 Å². The summed E-state index contributed by atoms with van der Waals surface area (Å²) in [6.45, 7) is 6.51. The Kier molecular flexibility index (Phi) is 3.82. The third-order valence-corrected chi connectivity index (χ3v) is 3.66. The van der Waals surface area contributed by atoms with Gasteiger partial charge in [-0.05, 0) is 43.0 Å². The van der Waals surface area contributed by atoms with Gasteiger partial charge in [-0.25, -0.2) is 0 Å². The second kappa shape index (κ2) is 5.35. The van der Waals surface area contributed by atoms with E-state index in [-0.39, 0.29) is 5.78 Å². The lowest BCUT2D eigenvalue weighted by atomic mass is 9.98. The van der Waals surface area contributed by atoms with Crippen LogP contribution in [0.1, 0.15) is 43.5 Å². The summed E-state index contributed by atoms with van der Waals surface area (Å²) in [7, 11) is 0. The second-order valence-corrected chi connectivity index (χ2v) is 4.99. The number of rotatable bonds is 3. The molecule has 0 saturated carbocycles. The average molecular weight is 231 g/mol. The standard InChI is InChI=1S/C15H21NO/c1-3-15(17)13-4-6-14(7-5-13)16-10-8-12(2)9-11-16/h4-7,12H,3,8-11H2,1-2H3. The highest BCUT2D eigenvalue weighted by Gasteiger charge is 2.16. The highest BCUT2D eigenvalue weighted by atomic mass is 16.1. The predicted octanol–water partition coefficient (Wildman–Crippen LogP) is 3.52. The van der Waals surface area contributed by atoms with E-state index >= 15 is 0 Å². The van der Waals surface area contributed by atoms with E-state index in [4.69, 9.17) is 0 Å². The van der Waals surface area contributed by atoms with Crippen molar-refractivity contribution in [3.8, 4) is 0 Å². The zero-order valence-electron chi connectivity index (χ0n) is 10.8. The second-order valence-electron chi connectivity index (χ2n) is 4.99. The molecule has 1 saturated heterocycles. The molecule has 0 radical (unpaired) electrons. The Morgan fingerprint density at radius 3 is 2.35 bits per heavy atom. The highest BCUT2D eigenvalue weighted by molar-refractivity contribution is 5.96. The van der Waals surface area contributed by atoms with Crippen LogP contribution in [0.5, 0.6) is 0 Å². The molecule has 1 aromatic rings. The summed E-state index contributed by atoms with van der Waals surface area (Å²) in [5.41, 5.74) is 2.09. The number of ketones is 1. The Balaban J connectivity index is 2.05. The van der Waals surface area contributed by atoms with Gasteiger partial charge >= 0.3 is 0 Å². The van der Waals surface area contributed by atoms with Crippen molar-refractivity contribution in [3.05, 3.63) is 29.8 Å². The number of hydrogen-bond donors (Lipinski definition) is 0.